The van der Waals surface area contributed by atoms with Crippen LogP contribution in [0.15, 0.2) is 24.5 Å². The molecule has 0 unspecified atom stereocenters. The SMILES string of the molecule is c1cc(CN2CCO[C@H]3[C@@H](OCC4CC4)CC[C@@H]32)ccn1. The lowest BCUT2D eigenvalue weighted by molar-refractivity contribution is -0.116. The first-order valence-corrected chi connectivity index (χ1v) is 8.26. The lowest BCUT2D eigenvalue weighted by Crippen LogP contribution is -2.51. The van der Waals surface area contributed by atoms with Gasteiger partial charge in [-0.15, -0.1) is 0 Å². The second-order valence-electron chi connectivity index (χ2n) is 6.62. The number of nitrogens with zero attached hydrogens (tertiary/aromatic N) is 2. The third-order valence-corrected chi connectivity index (χ3v) is 5.03. The molecular weight excluding hydrogens is 264 g/mol. The van der Waals surface area contributed by atoms with Crippen LogP contribution in [0, 0.1) is 5.92 Å². The summed E-state index contributed by atoms with van der Waals surface area (Å²) in [5.74, 6) is 0.834. The number of hydrogen-bond acceptors (Lipinski definition) is 4. The molecule has 2 heterocycles. The fourth-order valence-electron chi connectivity index (χ4n) is 3.63. The number of morpholine rings is 1. The minimum atomic E-state index is 0.277. The maximum atomic E-state index is 6.13. The highest BCUT2D eigenvalue weighted by molar-refractivity contribution is 5.10. The summed E-state index contributed by atoms with van der Waals surface area (Å²) in [4.78, 5) is 6.67. The van der Waals surface area contributed by atoms with Crippen molar-refractivity contribution in [1.29, 1.82) is 0 Å². The number of ether oxygens (including phenoxy) is 2. The molecule has 0 radical (unpaired) electrons. The van der Waals surface area contributed by atoms with Gasteiger partial charge in [0, 0.05) is 38.1 Å². The van der Waals surface area contributed by atoms with Gasteiger partial charge in [-0.05, 0) is 49.3 Å². The van der Waals surface area contributed by atoms with E-state index in [4.69, 9.17) is 9.47 Å². The molecule has 1 aromatic rings. The van der Waals surface area contributed by atoms with Crippen molar-refractivity contribution in [3.05, 3.63) is 30.1 Å². The summed E-state index contributed by atoms with van der Waals surface area (Å²) < 4.78 is 12.2. The van der Waals surface area contributed by atoms with Crippen molar-refractivity contribution < 1.29 is 9.47 Å². The molecule has 0 aromatic carbocycles. The molecule has 4 rings (SSSR count). The van der Waals surface area contributed by atoms with E-state index in [1.165, 1.54) is 24.8 Å². The fourth-order valence-corrected chi connectivity index (χ4v) is 3.63. The zero-order valence-electron chi connectivity index (χ0n) is 12.5. The molecule has 3 fully saturated rings. The monoisotopic (exact) mass is 288 g/mol. The summed E-state index contributed by atoms with van der Waals surface area (Å²) in [6.07, 6.45) is 9.41. The van der Waals surface area contributed by atoms with Gasteiger partial charge in [0.15, 0.2) is 0 Å². The minimum absolute atomic E-state index is 0.277. The Morgan fingerprint density at radius 1 is 1.19 bits per heavy atom. The van der Waals surface area contributed by atoms with Gasteiger partial charge in [-0.2, -0.15) is 0 Å². The molecule has 0 bridgehead atoms. The summed E-state index contributed by atoms with van der Waals surface area (Å²) in [5, 5.41) is 0. The first-order chi connectivity index (χ1) is 10.4. The molecule has 1 aliphatic heterocycles. The van der Waals surface area contributed by atoms with Crippen LogP contribution in [0.1, 0.15) is 31.2 Å². The van der Waals surface area contributed by atoms with E-state index in [2.05, 4.69) is 22.0 Å². The first kappa shape index (κ1) is 13.7. The van der Waals surface area contributed by atoms with Gasteiger partial charge >= 0.3 is 0 Å². The maximum absolute atomic E-state index is 6.13. The Labute approximate surface area is 126 Å². The van der Waals surface area contributed by atoms with Crippen molar-refractivity contribution in [1.82, 2.24) is 9.88 Å². The van der Waals surface area contributed by atoms with Crippen molar-refractivity contribution in [2.24, 2.45) is 5.92 Å². The lowest BCUT2D eigenvalue weighted by Gasteiger charge is -2.39. The van der Waals surface area contributed by atoms with Crippen LogP contribution < -0.4 is 0 Å². The smallest absolute Gasteiger partial charge is 0.0992 e. The molecule has 114 valence electrons. The molecule has 3 aliphatic rings. The second-order valence-corrected chi connectivity index (χ2v) is 6.62. The number of aromatic nitrogens is 1. The van der Waals surface area contributed by atoms with E-state index in [9.17, 15) is 0 Å². The van der Waals surface area contributed by atoms with Crippen LogP contribution in [0.4, 0.5) is 0 Å². The number of pyridine rings is 1. The van der Waals surface area contributed by atoms with Gasteiger partial charge < -0.3 is 9.47 Å². The fraction of sp³-hybridized carbons (Fsp3) is 0.706. The Balaban J connectivity index is 1.38. The minimum Gasteiger partial charge on any atom is -0.375 e. The van der Waals surface area contributed by atoms with Crippen molar-refractivity contribution in [2.45, 2.75) is 50.5 Å². The van der Waals surface area contributed by atoms with E-state index in [1.807, 2.05) is 12.4 Å². The van der Waals surface area contributed by atoms with Crippen LogP contribution in [0.3, 0.4) is 0 Å². The van der Waals surface area contributed by atoms with Gasteiger partial charge in [0.1, 0.15) is 0 Å². The van der Waals surface area contributed by atoms with Gasteiger partial charge in [-0.1, -0.05) is 0 Å². The van der Waals surface area contributed by atoms with E-state index in [0.717, 1.165) is 38.6 Å². The average molecular weight is 288 g/mol. The largest absolute Gasteiger partial charge is 0.375 e. The standard InChI is InChI=1S/C17H24N2O2/c1-2-14(1)12-21-16-4-3-15-17(16)20-10-9-19(15)11-13-5-7-18-8-6-13/h5-8,14-17H,1-4,9-12H2/t15-,16-,17+/m0/s1. The van der Waals surface area contributed by atoms with Crippen LogP contribution in [0.25, 0.3) is 0 Å². The average Bonchev–Trinajstić information content (AvgIpc) is 3.26. The highest BCUT2D eigenvalue weighted by Gasteiger charge is 2.43. The molecule has 2 aliphatic carbocycles. The van der Waals surface area contributed by atoms with Crippen molar-refractivity contribution >= 4 is 0 Å². The topological polar surface area (TPSA) is 34.6 Å². The summed E-state index contributed by atoms with van der Waals surface area (Å²) in [6.45, 7) is 3.80. The Kier molecular flexibility index (Phi) is 3.93. The van der Waals surface area contributed by atoms with Crippen LogP contribution in [-0.4, -0.2) is 47.9 Å². The quantitative estimate of drug-likeness (QED) is 0.832. The molecule has 21 heavy (non-hydrogen) atoms. The zero-order chi connectivity index (χ0) is 14.1. The highest BCUT2D eigenvalue weighted by atomic mass is 16.5. The summed E-state index contributed by atoms with van der Waals surface area (Å²) in [5.41, 5.74) is 1.34. The first-order valence-electron chi connectivity index (χ1n) is 8.26. The molecule has 1 aromatic heterocycles. The van der Waals surface area contributed by atoms with Gasteiger partial charge in [-0.25, -0.2) is 0 Å². The van der Waals surface area contributed by atoms with Gasteiger partial charge in [0.25, 0.3) is 0 Å². The van der Waals surface area contributed by atoms with E-state index >= 15 is 0 Å². The normalized spacial score (nSPS) is 33.0. The predicted octanol–water partition coefficient (Wildman–Crippen LogP) is 2.24. The van der Waals surface area contributed by atoms with Crippen LogP contribution in [-0.2, 0) is 16.0 Å². The summed E-state index contributed by atoms with van der Waals surface area (Å²) in [7, 11) is 0. The number of hydrogen-bond donors (Lipinski definition) is 0. The molecule has 0 N–H and O–H groups in total. The van der Waals surface area contributed by atoms with Crippen molar-refractivity contribution in [2.75, 3.05) is 19.8 Å². The van der Waals surface area contributed by atoms with Gasteiger partial charge in [0.05, 0.1) is 18.8 Å². The molecule has 0 spiro atoms. The molecule has 4 heteroatoms. The molecule has 2 saturated carbocycles. The summed E-state index contributed by atoms with van der Waals surface area (Å²) >= 11 is 0. The second kappa shape index (κ2) is 6.03. The lowest BCUT2D eigenvalue weighted by atomic mass is 10.1. The molecular formula is C17H24N2O2. The number of fused-ring (bicyclic) bond motifs is 1. The highest BCUT2D eigenvalue weighted by Crippen LogP contribution is 2.35. The Morgan fingerprint density at radius 2 is 2.05 bits per heavy atom. The summed E-state index contributed by atoms with van der Waals surface area (Å²) in [6, 6.07) is 4.75. The van der Waals surface area contributed by atoms with Crippen LogP contribution in [0.2, 0.25) is 0 Å². The van der Waals surface area contributed by atoms with Crippen LogP contribution in [0.5, 0.6) is 0 Å². The Hall–Kier alpha value is -0.970. The Bertz CT molecular complexity index is 463. The molecule has 1 saturated heterocycles. The molecule has 3 atom stereocenters. The molecule has 4 nitrogen and oxygen atoms in total. The van der Waals surface area contributed by atoms with Gasteiger partial charge in [0.2, 0.25) is 0 Å². The van der Waals surface area contributed by atoms with Crippen molar-refractivity contribution in [3.63, 3.8) is 0 Å². The van der Waals surface area contributed by atoms with E-state index < -0.39 is 0 Å². The van der Waals surface area contributed by atoms with E-state index in [1.54, 1.807) is 0 Å². The van der Waals surface area contributed by atoms with E-state index in [-0.39, 0.29) is 6.10 Å². The molecule has 0 amide bonds. The maximum Gasteiger partial charge on any atom is 0.0992 e. The Morgan fingerprint density at radius 3 is 2.86 bits per heavy atom. The van der Waals surface area contributed by atoms with Crippen LogP contribution >= 0.6 is 0 Å². The third kappa shape index (κ3) is 3.12. The zero-order valence-corrected chi connectivity index (χ0v) is 12.5. The van der Waals surface area contributed by atoms with Gasteiger partial charge in [-0.3, -0.25) is 9.88 Å². The third-order valence-electron chi connectivity index (χ3n) is 5.03. The predicted molar refractivity (Wildman–Crippen MR) is 79.9 cm³/mol. The number of rotatable bonds is 5. The van der Waals surface area contributed by atoms with Crippen molar-refractivity contribution in [3.8, 4) is 0 Å². The van der Waals surface area contributed by atoms with E-state index in [0.29, 0.717) is 12.1 Å².